The van der Waals surface area contributed by atoms with Crippen LogP contribution in [-0.2, 0) is 11.2 Å². The van der Waals surface area contributed by atoms with Crippen molar-refractivity contribution in [3.8, 4) is 17.2 Å². The summed E-state index contributed by atoms with van der Waals surface area (Å²) in [6, 6.07) is 21.9. The smallest absolute Gasteiger partial charge is 0.266 e. The van der Waals surface area contributed by atoms with Gasteiger partial charge in [0.2, 0.25) is 5.91 Å². The van der Waals surface area contributed by atoms with Crippen LogP contribution in [0.2, 0.25) is 0 Å². The highest BCUT2D eigenvalue weighted by molar-refractivity contribution is 5.80. The van der Waals surface area contributed by atoms with Crippen LogP contribution in [0.1, 0.15) is 37.7 Å². The van der Waals surface area contributed by atoms with Gasteiger partial charge < -0.3 is 19.3 Å². The fraction of sp³-hybridized carbons (Fsp3) is 0.344. The lowest BCUT2D eigenvalue weighted by molar-refractivity contribution is -0.133. The summed E-state index contributed by atoms with van der Waals surface area (Å²) in [4.78, 5) is 36.8. The number of likely N-dealkylation sites (N-methyl/N-ethyl adjacent to an activating group) is 1. The standard InChI is InChI=1S/C32H38N4O4/c1-6-29(35(21-20-34(3)4)30(37)22-23-12-16-25(39-5)17-13-23)31-33-28-11-9-8-10-27(28)32(38)36(31)24-14-18-26(19-15-24)40-7-2/h8-19,29H,6-7,20-22H2,1-5H3. The number of nitrogens with zero attached hydrogens (tertiary/aromatic N) is 4. The molecule has 0 N–H and O–H groups in total. The van der Waals surface area contributed by atoms with Crippen LogP contribution in [0.3, 0.4) is 0 Å². The highest BCUT2D eigenvalue weighted by Crippen LogP contribution is 2.27. The zero-order valence-corrected chi connectivity index (χ0v) is 24.0. The molecule has 0 spiro atoms. The van der Waals surface area contributed by atoms with Gasteiger partial charge >= 0.3 is 0 Å². The molecule has 1 unspecified atom stereocenters. The van der Waals surface area contributed by atoms with Crippen LogP contribution in [-0.4, -0.2) is 66.2 Å². The van der Waals surface area contributed by atoms with Crippen LogP contribution in [0.4, 0.5) is 0 Å². The first-order valence-corrected chi connectivity index (χ1v) is 13.7. The van der Waals surface area contributed by atoms with E-state index in [1.807, 2.05) is 104 Å². The fourth-order valence-corrected chi connectivity index (χ4v) is 4.81. The van der Waals surface area contributed by atoms with Crippen LogP contribution in [0, 0.1) is 0 Å². The Morgan fingerprint density at radius 2 is 1.60 bits per heavy atom. The molecular formula is C32H38N4O4. The number of para-hydroxylation sites is 1. The van der Waals surface area contributed by atoms with Gasteiger partial charge in [0.25, 0.3) is 5.56 Å². The third-order valence-corrected chi connectivity index (χ3v) is 6.89. The van der Waals surface area contributed by atoms with E-state index in [9.17, 15) is 9.59 Å². The van der Waals surface area contributed by atoms with E-state index in [2.05, 4.69) is 0 Å². The Labute approximate surface area is 235 Å². The number of ether oxygens (including phenoxy) is 2. The zero-order valence-electron chi connectivity index (χ0n) is 24.0. The Bertz CT molecular complexity index is 1480. The first kappa shape index (κ1) is 28.8. The minimum Gasteiger partial charge on any atom is -0.497 e. The van der Waals surface area contributed by atoms with Crippen molar-refractivity contribution in [2.75, 3.05) is 40.9 Å². The highest BCUT2D eigenvalue weighted by atomic mass is 16.5. The summed E-state index contributed by atoms with van der Waals surface area (Å²) in [7, 11) is 5.59. The van der Waals surface area contributed by atoms with Gasteiger partial charge in [0, 0.05) is 13.1 Å². The molecule has 0 fully saturated rings. The average Bonchev–Trinajstić information content (AvgIpc) is 2.96. The van der Waals surface area contributed by atoms with Crippen molar-refractivity contribution in [2.45, 2.75) is 32.7 Å². The Morgan fingerprint density at radius 3 is 2.23 bits per heavy atom. The highest BCUT2D eigenvalue weighted by Gasteiger charge is 2.29. The minimum absolute atomic E-state index is 0.0282. The summed E-state index contributed by atoms with van der Waals surface area (Å²) in [5, 5.41) is 0.527. The second-order valence-electron chi connectivity index (χ2n) is 9.89. The summed E-state index contributed by atoms with van der Waals surface area (Å²) in [5.41, 5.74) is 2.01. The number of amides is 1. The number of fused-ring (bicyclic) bond motifs is 1. The number of hydrogen-bond acceptors (Lipinski definition) is 6. The van der Waals surface area contributed by atoms with Gasteiger partial charge in [-0.3, -0.25) is 14.2 Å². The number of aromatic nitrogens is 2. The number of methoxy groups -OCH3 is 1. The third-order valence-electron chi connectivity index (χ3n) is 6.89. The molecule has 40 heavy (non-hydrogen) atoms. The lowest BCUT2D eigenvalue weighted by Crippen LogP contribution is -2.42. The lowest BCUT2D eigenvalue weighted by Gasteiger charge is -2.33. The predicted molar refractivity (Wildman–Crippen MR) is 159 cm³/mol. The summed E-state index contributed by atoms with van der Waals surface area (Å²) in [6.07, 6.45) is 0.818. The molecule has 1 aromatic heterocycles. The topological polar surface area (TPSA) is 76.9 Å². The van der Waals surface area contributed by atoms with E-state index in [0.29, 0.717) is 48.5 Å². The van der Waals surface area contributed by atoms with Gasteiger partial charge in [-0.05, 0) is 81.5 Å². The Balaban J connectivity index is 1.83. The molecule has 8 heteroatoms. The van der Waals surface area contributed by atoms with E-state index in [4.69, 9.17) is 14.5 Å². The summed E-state index contributed by atoms with van der Waals surface area (Å²) >= 11 is 0. The molecular weight excluding hydrogens is 504 g/mol. The van der Waals surface area contributed by atoms with E-state index < -0.39 is 6.04 Å². The number of benzene rings is 3. The van der Waals surface area contributed by atoms with Gasteiger partial charge in [0.15, 0.2) is 0 Å². The van der Waals surface area contributed by atoms with Crippen LogP contribution in [0.25, 0.3) is 16.6 Å². The molecule has 4 rings (SSSR count). The minimum atomic E-state index is -0.422. The second-order valence-corrected chi connectivity index (χ2v) is 9.89. The summed E-state index contributed by atoms with van der Waals surface area (Å²) in [5.74, 6) is 1.98. The van der Waals surface area contributed by atoms with E-state index in [1.54, 1.807) is 17.7 Å². The quantitative estimate of drug-likeness (QED) is 0.254. The van der Waals surface area contributed by atoms with Gasteiger partial charge in [0.1, 0.15) is 17.3 Å². The first-order chi connectivity index (χ1) is 19.4. The molecule has 0 bridgehead atoms. The summed E-state index contributed by atoms with van der Waals surface area (Å²) < 4.78 is 12.5. The van der Waals surface area contributed by atoms with Gasteiger partial charge in [-0.2, -0.15) is 0 Å². The van der Waals surface area contributed by atoms with Crippen molar-refractivity contribution in [2.24, 2.45) is 0 Å². The molecule has 1 heterocycles. The van der Waals surface area contributed by atoms with Crippen molar-refractivity contribution in [3.63, 3.8) is 0 Å². The molecule has 1 atom stereocenters. The monoisotopic (exact) mass is 542 g/mol. The fourth-order valence-electron chi connectivity index (χ4n) is 4.81. The SMILES string of the molecule is CCOc1ccc(-n2c(C(CC)N(CCN(C)C)C(=O)Cc3ccc(OC)cc3)nc3ccccc3c2=O)cc1. The maximum absolute atomic E-state index is 14.0. The Hall–Kier alpha value is -4.17. The molecule has 0 saturated carbocycles. The van der Waals surface area contributed by atoms with E-state index in [-0.39, 0.29) is 17.9 Å². The van der Waals surface area contributed by atoms with Gasteiger partial charge in [0.05, 0.1) is 42.8 Å². The van der Waals surface area contributed by atoms with Gasteiger partial charge in [-0.25, -0.2) is 4.98 Å². The molecule has 0 aliphatic carbocycles. The van der Waals surface area contributed by atoms with Crippen LogP contribution in [0.15, 0.2) is 77.6 Å². The van der Waals surface area contributed by atoms with Crippen molar-refractivity contribution in [1.82, 2.24) is 19.4 Å². The molecule has 4 aromatic rings. The van der Waals surface area contributed by atoms with Crippen LogP contribution >= 0.6 is 0 Å². The molecule has 210 valence electrons. The largest absolute Gasteiger partial charge is 0.497 e. The van der Waals surface area contributed by atoms with Crippen molar-refractivity contribution in [3.05, 3.63) is 94.5 Å². The van der Waals surface area contributed by atoms with Gasteiger partial charge in [-0.1, -0.05) is 31.2 Å². The number of hydrogen-bond donors (Lipinski definition) is 0. The maximum atomic E-state index is 14.0. The Kier molecular flexibility index (Phi) is 9.56. The second kappa shape index (κ2) is 13.3. The summed E-state index contributed by atoms with van der Waals surface area (Å²) in [6.45, 7) is 5.67. The van der Waals surface area contributed by atoms with E-state index >= 15 is 0 Å². The van der Waals surface area contributed by atoms with Gasteiger partial charge in [-0.15, -0.1) is 0 Å². The normalized spacial score (nSPS) is 11.9. The molecule has 1 amide bonds. The number of carbonyl (C=O) groups is 1. The molecule has 0 aliphatic rings. The van der Waals surface area contributed by atoms with E-state index in [1.165, 1.54) is 0 Å². The van der Waals surface area contributed by atoms with Crippen LogP contribution in [0.5, 0.6) is 11.5 Å². The van der Waals surface area contributed by atoms with Crippen molar-refractivity contribution >= 4 is 16.8 Å². The Morgan fingerprint density at radius 1 is 0.925 bits per heavy atom. The van der Waals surface area contributed by atoms with Crippen molar-refractivity contribution in [1.29, 1.82) is 0 Å². The molecule has 3 aromatic carbocycles. The number of rotatable bonds is 12. The molecule has 0 radical (unpaired) electrons. The average molecular weight is 543 g/mol. The number of carbonyl (C=O) groups excluding carboxylic acids is 1. The first-order valence-electron chi connectivity index (χ1n) is 13.7. The molecule has 0 aliphatic heterocycles. The zero-order chi connectivity index (χ0) is 28.6. The van der Waals surface area contributed by atoms with Crippen molar-refractivity contribution < 1.29 is 14.3 Å². The lowest BCUT2D eigenvalue weighted by atomic mass is 10.1. The maximum Gasteiger partial charge on any atom is 0.266 e. The molecule has 0 saturated heterocycles. The predicted octanol–water partition coefficient (Wildman–Crippen LogP) is 4.88. The van der Waals surface area contributed by atoms with Crippen LogP contribution < -0.4 is 15.0 Å². The third kappa shape index (κ3) is 6.51. The van der Waals surface area contributed by atoms with E-state index in [0.717, 1.165) is 17.1 Å². The molecule has 8 nitrogen and oxygen atoms in total.